The number of nitrogens with two attached hydrogens (primary N) is 2. The van der Waals surface area contributed by atoms with Crippen molar-refractivity contribution in [2.45, 2.75) is 0 Å². The lowest BCUT2D eigenvalue weighted by Gasteiger charge is -2.01. The number of carbonyl (C=O) groups is 1. The first-order valence-corrected chi connectivity index (χ1v) is 3.42. The predicted molar refractivity (Wildman–Crippen MR) is 46.3 cm³/mol. The molecule has 5 N–H and O–H groups in total. The number of aromatic nitrogens is 1. The number of pyridine rings is 1. The van der Waals surface area contributed by atoms with Crippen LogP contribution in [0.2, 0.25) is 0 Å². The molecule has 0 unspecified atom stereocenters. The number of rotatable bonds is 3. The first-order chi connectivity index (χ1) is 5.68. The molecule has 0 aliphatic carbocycles. The van der Waals surface area contributed by atoms with Crippen molar-refractivity contribution < 1.29 is 4.79 Å². The van der Waals surface area contributed by atoms with Gasteiger partial charge in [-0.3, -0.25) is 4.79 Å². The van der Waals surface area contributed by atoms with Crippen LogP contribution in [0.25, 0.3) is 0 Å². The molecule has 5 nitrogen and oxygen atoms in total. The number of hydrogen-bond donors (Lipinski definition) is 3. The van der Waals surface area contributed by atoms with Crippen LogP contribution in [-0.4, -0.2) is 17.4 Å². The molecule has 1 amide bonds. The molecule has 0 spiro atoms. The third-order valence-electron chi connectivity index (χ3n) is 1.23. The molecule has 0 radical (unpaired) electrons. The van der Waals surface area contributed by atoms with Crippen molar-refractivity contribution in [3.8, 4) is 0 Å². The van der Waals surface area contributed by atoms with Crippen LogP contribution < -0.4 is 16.8 Å². The minimum Gasteiger partial charge on any atom is -0.397 e. The topological polar surface area (TPSA) is 94.0 Å². The van der Waals surface area contributed by atoms with Gasteiger partial charge < -0.3 is 16.8 Å². The van der Waals surface area contributed by atoms with Crippen molar-refractivity contribution in [1.29, 1.82) is 0 Å². The molecule has 0 bridgehead atoms. The van der Waals surface area contributed by atoms with Crippen molar-refractivity contribution in [2.75, 3.05) is 17.6 Å². The van der Waals surface area contributed by atoms with Crippen LogP contribution in [0.1, 0.15) is 0 Å². The Morgan fingerprint density at radius 1 is 1.58 bits per heavy atom. The second-order valence-electron chi connectivity index (χ2n) is 2.30. The van der Waals surface area contributed by atoms with E-state index in [4.69, 9.17) is 11.5 Å². The summed E-state index contributed by atoms with van der Waals surface area (Å²) in [6.07, 6.45) is 1.50. The van der Waals surface area contributed by atoms with Gasteiger partial charge >= 0.3 is 0 Å². The highest BCUT2D eigenvalue weighted by atomic mass is 16.1. The maximum atomic E-state index is 10.3. The molecule has 0 aliphatic heterocycles. The van der Waals surface area contributed by atoms with Crippen LogP contribution in [0.5, 0.6) is 0 Å². The van der Waals surface area contributed by atoms with Gasteiger partial charge in [-0.1, -0.05) is 0 Å². The summed E-state index contributed by atoms with van der Waals surface area (Å²) in [6.45, 7) is 0.0803. The van der Waals surface area contributed by atoms with Gasteiger partial charge in [0.1, 0.15) is 5.82 Å². The summed E-state index contributed by atoms with van der Waals surface area (Å²) >= 11 is 0. The average molecular weight is 166 g/mol. The van der Waals surface area contributed by atoms with Crippen LogP contribution in [0, 0.1) is 0 Å². The standard InChI is InChI=1S/C7H10N4O/c8-5-1-2-7(10-3-5)11-4-6(9)12/h1-3H,4,8H2,(H2,9,12)(H,10,11). The molecule has 1 rings (SSSR count). The maximum absolute atomic E-state index is 10.3. The average Bonchev–Trinajstić information content (AvgIpc) is 2.03. The van der Waals surface area contributed by atoms with Crippen molar-refractivity contribution >= 4 is 17.4 Å². The van der Waals surface area contributed by atoms with Crippen LogP contribution >= 0.6 is 0 Å². The molecule has 0 aliphatic rings. The monoisotopic (exact) mass is 166 g/mol. The number of anilines is 2. The van der Waals surface area contributed by atoms with E-state index in [0.717, 1.165) is 0 Å². The summed E-state index contributed by atoms with van der Waals surface area (Å²) in [5.41, 5.74) is 10.9. The van der Waals surface area contributed by atoms with E-state index in [1.807, 2.05) is 0 Å². The van der Waals surface area contributed by atoms with Gasteiger partial charge in [-0.25, -0.2) is 4.98 Å². The summed E-state index contributed by atoms with van der Waals surface area (Å²) in [7, 11) is 0. The fourth-order valence-corrected chi connectivity index (χ4v) is 0.688. The summed E-state index contributed by atoms with van der Waals surface area (Å²) in [5, 5.41) is 2.73. The van der Waals surface area contributed by atoms with Gasteiger partial charge in [0.15, 0.2) is 0 Å². The van der Waals surface area contributed by atoms with E-state index in [0.29, 0.717) is 11.5 Å². The number of nitrogen functional groups attached to an aromatic ring is 1. The first kappa shape index (κ1) is 8.32. The Balaban J connectivity index is 2.53. The summed E-state index contributed by atoms with van der Waals surface area (Å²) in [5.74, 6) is 0.164. The van der Waals surface area contributed by atoms with Crippen molar-refractivity contribution in [2.24, 2.45) is 5.73 Å². The van der Waals surface area contributed by atoms with E-state index in [1.54, 1.807) is 12.1 Å². The molecular weight excluding hydrogens is 156 g/mol. The Morgan fingerprint density at radius 3 is 2.83 bits per heavy atom. The van der Waals surface area contributed by atoms with Gasteiger partial charge in [0, 0.05) is 0 Å². The van der Waals surface area contributed by atoms with E-state index < -0.39 is 5.91 Å². The second-order valence-corrected chi connectivity index (χ2v) is 2.30. The van der Waals surface area contributed by atoms with Crippen LogP contribution in [0.4, 0.5) is 11.5 Å². The molecule has 0 saturated heterocycles. The van der Waals surface area contributed by atoms with Gasteiger partial charge in [-0.2, -0.15) is 0 Å². The van der Waals surface area contributed by atoms with E-state index in [-0.39, 0.29) is 6.54 Å². The summed E-state index contributed by atoms with van der Waals surface area (Å²) in [6, 6.07) is 3.37. The van der Waals surface area contributed by atoms with Crippen LogP contribution in [0.3, 0.4) is 0 Å². The normalized spacial score (nSPS) is 9.33. The SMILES string of the molecule is NC(=O)CNc1ccc(N)cn1. The largest absolute Gasteiger partial charge is 0.397 e. The highest BCUT2D eigenvalue weighted by Crippen LogP contribution is 2.04. The molecule has 0 saturated carbocycles. The quantitative estimate of drug-likeness (QED) is 0.567. The molecule has 0 aromatic carbocycles. The third-order valence-corrected chi connectivity index (χ3v) is 1.23. The van der Waals surface area contributed by atoms with Gasteiger partial charge in [-0.15, -0.1) is 0 Å². The van der Waals surface area contributed by atoms with Crippen LogP contribution in [0.15, 0.2) is 18.3 Å². The Morgan fingerprint density at radius 2 is 2.33 bits per heavy atom. The van der Waals surface area contributed by atoms with Gasteiger partial charge in [0.2, 0.25) is 5.91 Å². The van der Waals surface area contributed by atoms with Crippen molar-refractivity contribution in [3.05, 3.63) is 18.3 Å². The van der Waals surface area contributed by atoms with E-state index in [2.05, 4.69) is 10.3 Å². The van der Waals surface area contributed by atoms with Gasteiger partial charge in [0.25, 0.3) is 0 Å². The summed E-state index contributed by atoms with van der Waals surface area (Å²) < 4.78 is 0. The fourth-order valence-electron chi connectivity index (χ4n) is 0.688. The molecule has 0 fully saturated rings. The molecule has 0 atom stereocenters. The number of nitrogens with one attached hydrogen (secondary N) is 1. The number of hydrogen-bond acceptors (Lipinski definition) is 4. The zero-order valence-corrected chi connectivity index (χ0v) is 6.45. The lowest BCUT2D eigenvalue weighted by Crippen LogP contribution is -2.22. The summed E-state index contributed by atoms with van der Waals surface area (Å²) in [4.78, 5) is 14.3. The third kappa shape index (κ3) is 2.45. The van der Waals surface area contributed by atoms with Crippen molar-refractivity contribution in [1.82, 2.24) is 4.98 Å². The predicted octanol–water partition coefficient (Wildman–Crippen LogP) is -0.439. The van der Waals surface area contributed by atoms with Gasteiger partial charge in [-0.05, 0) is 12.1 Å². The maximum Gasteiger partial charge on any atom is 0.236 e. The van der Waals surface area contributed by atoms with Crippen LogP contribution in [-0.2, 0) is 4.79 Å². The number of primary amides is 1. The molecule has 1 aromatic rings. The minimum absolute atomic E-state index is 0.0803. The van der Waals surface area contributed by atoms with E-state index in [9.17, 15) is 4.79 Å². The molecule has 1 heterocycles. The molecule has 1 aromatic heterocycles. The fraction of sp³-hybridized carbons (Fsp3) is 0.143. The van der Waals surface area contributed by atoms with Gasteiger partial charge in [0.05, 0.1) is 18.4 Å². The number of amides is 1. The molecule has 5 heteroatoms. The number of nitrogens with zero attached hydrogens (tertiary/aromatic N) is 1. The van der Waals surface area contributed by atoms with E-state index >= 15 is 0 Å². The Bertz CT molecular complexity index is 269. The zero-order valence-electron chi connectivity index (χ0n) is 6.45. The lowest BCUT2D eigenvalue weighted by atomic mass is 10.4. The van der Waals surface area contributed by atoms with E-state index in [1.165, 1.54) is 6.20 Å². The molecule has 64 valence electrons. The molecular formula is C7H10N4O. The highest BCUT2D eigenvalue weighted by Gasteiger charge is 1.94. The highest BCUT2D eigenvalue weighted by molar-refractivity contribution is 5.78. The number of carbonyl (C=O) groups excluding carboxylic acids is 1. The lowest BCUT2D eigenvalue weighted by molar-refractivity contribution is -0.116. The Kier molecular flexibility index (Phi) is 2.47. The smallest absolute Gasteiger partial charge is 0.236 e. The second kappa shape index (κ2) is 3.56. The Labute approximate surface area is 69.8 Å². The zero-order chi connectivity index (χ0) is 8.97. The first-order valence-electron chi connectivity index (χ1n) is 3.42. The molecule has 12 heavy (non-hydrogen) atoms. The van der Waals surface area contributed by atoms with Crippen molar-refractivity contribution in [3.63, 3.8) is 0 Å². The minimum atomic E-state index is -0.423. The Hall–Kier alpha value is -1.78.